The molecule has 7 nitrogen and oxygen atoms in total. The van der Waals surface area contributed by atoms with Crippen LogP contribution in [0, 0.1) is 28.6 Å². The van der Waals surface area contributed by atoms with Crippen molar-refractivity contribution in [3.63, 3.8) is 0 Å². The van der Waals surface area contributed by atoms with E-state index in [0.29, 0.717) is 31.5 Å². The van der Waals surface area contributed by atoms with Gasteiger partial charge in [-0.1, -0.05) is 23.7 Å². The van der Waals surface area contributed by atoms with Gasteiger partial charge in [0.2, 0.25) is 6.61 Å². The highest BCUT2D eigenvalue weighted by atomic mass is 16.6. The van der Waals surface area contributed by atoms with Crippen LogP contribution < -0.4 is 0 Å². The maximum absolute atomic E-state index is 12.6. The highest BCUT2D eigenvalue weighted by molar-refractivity contribution is 5.87. The van der Waals surface area contributed by atoms with Crippen molar-refractivity contribution in [3.05, 3.63) is 11.6 Å². The number of ketones is 1. The first kappa shape index (κ1) is 19.6. The monoisotopic (exact) mass is 391 g/mol. The molecule has 0 aliphatic heterocycles. The Kier molecular flexibility index (Phi) is 4.86. The second kappa shape index (κ2) is 6.95. The van der Waals surface area contributed by atoms with Gasteiger partial charge in [0.15, 0.2) is 0 Å². The third-order valence-electron chi connectivity index (χ3n) is 7.96. The molecule has 154 valence electrons. The summed E-state index contributed by atoms with van der Waals surface area (Å²) >= 11 is 0. The number of carbonyl (C=O) groups excluding carboxylic acids is 1. The number of aliphatic hydroxyl groups is 2. The van der Waals surface area contributed by atoms with Crippen molar-refractivity contribution in [2.75, 3.05) is 6.61 Å². The summed E-state index contributed by atoms with van der Waals surface area (Å²) in [6.45, 7) is 1.55. The quantitative estimate of drug-likeness (QED) is 0.383. The number of carboxylic acids is 1. The minimum absolute atomic E-state index is 0.0323. The van der Waals surface area contributed by atoms with Gasteiger partial charge in [0.05, 0.1) is 18.4 Å². The van der Waals surface area contributed by atoms with Gasteiger partial charge in [-0.05, 0) is 56.3 Å². The fourth-order valence-electron chi connectivity index (χ4n) is 6.59. The first-order valence-electron chi connectivity index (χ1n) is 10.3. The molecule has 4 rings (SSSR count). The molecule has 4 aliphatic carbocycles. The number of oxime groups is 1. The molecule has 0 radical (unpaired) electrons. The predicted molar refractivity (Wildman–Crippen MR) is 101 cm³/mol. The Bertz CT molecular complexity index is 732. The molecule has 7 heteroatoms. The Morgan fingerprint density at radius 3 is 2.82 bits per heavy atom. The van der Waals surface area contributed by atoms with Crippen LogP contribution in [0.3, 0.4) is 0 Å². The molecular formula is C21H29NO6. The fraction of sp³-hybridized carbons (Fsp3) is 0.762. The highest BCUT2D eigenvalue weighted by Crippen LogP contribution is 2.63. The van der Waals surface area contributed by atoms with E-state index in [1.165, 1.54) is 0 Å². The topological polar surface area (TPSA) is 116 Å². The Balaban J connectivity index is 1.71. The summed E-state index contributed by atoms with van der Waals surface area (Å²) in [5.41, 5.74) is 0.157. The third kappa shape index (κ3) is 2.90. The highest BCUT2D eigenvalue weighted by Gasteiger charge is 2.61. The summed E-state index contributed by atoms with van der Waals surface area (Å²) in [5, 5.41) is 34.0. The molecule has 28 heavy (non-hydrogen) atoms. The van der Waals surface area contributed by atoms with E-state index in [0.717, 1.165) is 24.8 Å². The van der Waals surface area contributed by atoms with Crippen LogP contribution >= 0.6 is 0 Å². The van der Waals surface area contributed by atoms with E-state index < -0.39 is 30.2 Å². The molecule has 0 aromatic rings. The van der Waals surface area contributed by atoms with Gasteiger partial charge in [-0.3, -0.25) is 4.79 Å². The van der Waals surface area contributed by atoms with Crippen LogP contribution in [0.25, 0.3) is 0 Å². The van der Waals surface area contributed by atoms with Crippen molar-refractivity contribution >= 4 is 18.0 Å². The Labute approximate surface area is 164 Å². The number of hydrogen-bond donors (Lipinski definition) is 3. The van der Waals surface area contributed by atoms with Gasteiger partial charge in [-0.25, -0.2) is 4.79 Å². The van der Waals surface area contributed by atoms with Gasteiger partial charge in [0.25, 0.3) is 0 Å². The molecule has 0 unspecified atom stereocenters. The minimum atomic E-state index is -1.08. The van der Waals surface area contributed by atoms with Crippen molar-refractivity contribution in [3.8, 4) is 0 Å². The lowest BCUT2D eigenvalue weighted by atomic mass is 9.47. The van der Waals surface area contributed by atoms with Crippen molar-refractivity contribution in [2.45, 2.75) is 64.1 Å². The van der Waals surface area contributed by atoms with E-state index in [-0.39, 0.29) is 23.2 Å². The van der Waals surface area contributed by atoms with E-state index in [1.54, 1.807) is 6.21 Å². The van der Waals surface area contributed by atoms with E-state index in [4.69, 9.17) is 9.94 Å². The van der Waals surface area contributed by atoms with Crippen molar-refractivity contribution < 1.29 is 29.7 Å². The van der Waals surface area contributed by atoms with E-state index >= 15 is 0 Å². The number of aliphatic carboxylic acids is 1. The second-order valence-corrected chi connectivity index (χ2v) is 9.23. The van der Waals surface area contributed by atoms with Crippen molar-refractivity contribution in [1.29, 1.82) is 0 Å². The van der Waals surface area contributed by atoms with Crippen LogP contribution in [0.15, 0.2) is 16.8 Å². The van der Waals surface area contributed by atoms with Crippen molar-refractivity contribution in [2.24, 2.45) is 33.7 Å². The van der Waals surface area contributed by atoms with Gasteiger partial charge in [0.1, 0.15) is 5.78 Å². The lowest BCUT2D eigenvalue weighted by Gasteiger charge is -2.57. The number of nitrogens with zero attached hydrogens (tertiary/aromatic N) is 1. The summed E-state index contributed by atoms with van der Waals surface area (Å²) in [6, 6.07) is 0. The Hall–Kier alpha value is -1.73. The SMILES string of the molecule is C[C@]12CC[C@H]3[C@@H]([C@H](O)C=C4C[C@@H](O)CC[C@@]43/C=N\OCC(=O)O)[C@@H]1CCC2=O. The third-order valence-corrected chi connectivity index (χ3v) is 7.96. The summed E-state index contributed by atoms with van der Waals surface area (Å²) in [5.74, 6) is -0.557. The average Bonchev–Trinajstić information content (AvgIpc) is 2.94. The number of carbonyl (C=O) groups is 2. The average molecular weight is 391 g/mol. The zero-order chi connectivity index (χ0) is 20.1. The van der Waals surface area contributed by atoms with Gasteiger partial charge >= 0.3 is 5.97 Å². The second-order valence-electron chi connectivity index (χ2n) is 9.23. The van der Waals surface area contributed by atoms with Gasteiger partial charge in [-0.2, -0.15) is 0 Å². The molecule has 7 atom stereocenters. The number of carboxylic acid groups (broad SMARTS) is 1. The molecule has 0 amide bonds. The van der Waals surface area contributed by atoms with Crippen LogP contribution in [0.5, 0.6) is 0 Å². The zero-order valence-electron chi connectivity index (χ0n) is 16.2. The van der Waals surface area contributed by atoms with E-state index in [1.807, 2.05) is 6.08 Å². The predicted octanol–water partition coefficient (Wildman–Crippen LogP) is 1.92. The molecule has 3 fully saturated rings. The molecule has 3 N–H and O–H groups in total. The summed E-state index contributed by atoms with van der Waals surface area (Å²) < 4.78 is 0. The maximum Gasteiger partial charge on any atom is 0.344 e. The van der Waals surface area contributed by atoms with E-state index in [9.17, 15) is 19.8 Å². The van der Waals surface area contributed by atoms with Crippen LogP contribution in [-0.4, -0.2) is 52.1 Å². The standard InChI is InChI=1S/C21H29NO6/c1-20-6-5-15-19(14(20)2-3-17(20)25)16(24)9-12-8-13(23)4-7-21(12,15)11-22-28-10-18(26)27/h9,11,13-16,19,23-24H,2-8,10H2,1H3,(H,26,27)/b22-11-/t13-,14-,15-,16+,19-,20-,21+/m0/s1. The smallest absolute Gasteiger partial charge is 0.344 e. The minimum Gasteiger partial charge on any atom is -0.479 e. The molecule has 0 aromatic carbocycles. The lowest BCUT2D eigenvalue weighted by Crippen LogP contribution is -2.56. The van der Waals surface area contributed by atoms with Crippen LogP contribution in [0.2, 0.25) is 0 Å². The molecule has 4 aliphatic rings. The van der Waals surface area contributed by atoms with Crippen LogP contribution in [-0.2, 0) is 14.4 Å². The molecule has 0 spiro atoms. The number of fused-ring (bicyclic) bond motifs is 5. The zero-order valence-corrected chi connectivity index (χ0v) is 16.2. The summed E-state index contributed by atoms with van der Waals surface area (Å²) in [7, 11) is 0. The number of aliphatic hydroxyl groups excluding tert-OH is 2. The van der Waals surface area contributed by atoms with Gasteiger partial charge in [-0.15, -0.1) is 0 Å². The maximum atomic E-state index is 12.6. The van der Waals surface area contributed by atoms with Crippen LogP contribution in [0.4, 0.5) is 0 Å². The first-order chi connectivity index (χ1) is 13.3. The summed E-state index contributed by atoms with van der Waals surface area (Å²) in [4.78, 5) is 28.3. The number of rotatable bonds is 4. The number of hydrogen-bond acceptors (Lipinski definition) is 6. The molecule has 0 heterocycles. The normalized spacial score (nSPS) is 45.2. The summed E-state index contributed by atoms with van der Waals surface area (Å²) in [6.07, 6.45) is 7.28. The molecule has 0 saturated heterocycles. The fourth-order valence-corrected chi connectivity index (χ4v) is 6.59. The largest absolute Gasteiger partial charge is 0.479 e. The number of Topliss-reactive ketones (excluding diaryl/α,β-unsaturated/α-hetero) is 1. The molecule has 0 aromatic heterocycles. The van der Waals surface area contributed by atoms with Gasteiger partial charge in [0, 0.05) is 17.3 Å². The van der Waals surface area contributed by atoms with Gasteiger partial charge < -0.3 is 20.2 Å². The molecule has 3 saturated carbocycles. The first-order valence-corrected chi connectivity index (χ1v) is 10.3. The van der Waals surface area contributed by atoms with E-state index in [2.05, 4.69) is 12.1 Å². The Morgan fingerprint density at radius 1 is 1.29 bits per heavy atom. The van der Waals surface area contributed by atoms with Crippen LogP contribution in [0.1, 0.15) is 51.9 Å². The molecular weight excluding hydrogens is 362 g/mol. The molecule has 0 bridgehead atoms. The Morgan fingerprint density at radius 2 is 2.07 bits per heavy atom. The van der Waals surface area contributed by atoms with Crippen molar-refractivity contribution in [1.82, 2.24) is 0 Å². The lowest BCUT2D eigenvalue weighted by molar-refractivity contribution is -0.142.